The summed E-state index contributed by atoms with van der Waals surface area (Å²) < 4.78 is 115. The predicted octanol–water partition coefficient (Wildman–Crippen LogP) is 15.3. The van der Waals surface area contributed by atoms with Gasteiger partial charge in [-0.1, -0.05) is 303 Å². The van der Waals surface area contributed by atoms with E-state index in [-0.39, 0.29) is 79.3 Å². The molecule has 10 aromatic carbocycles. The maximum Gasteiger partial charge on any atom is 0.187 e. The molecule has 3 aliphatic rings. The Morgan fingerprint density at radius 1 is 0.200 bits per heavy atom. The van der Waals surface area contributed by atoms with Gasteiger partial charge < -0.3 is 75.8 Å². The second-order valence-electron chi connectivity index (χ2n) is 26.4. The Morgan fingerprint density at radius 2 is 0.410 bits per heavy atom. The van der Waals surface area contributed by atoms with Crippen molar-refractivity contribution in [3.63, 3.8) is 0 Å². The van der Waals surface area contributed by atoms with Gasteiger partial charge in [0.2, 0.25) is 0 Å². The quantitative estimate of drug-likeness (QED) is 0.0361. The lowest BCUT2D eigenvalue weighted by Gasteiger charge is -2.50. The molecule has 3 fully saturated rings. The largest absolute Gasteiger partial charge is 0.374 e. The minimum absolute atomic E-state index is 0.0464. The van der Waals surface area contributed by atoms with Crippen LogP contribution >= 0.6 is 0 Å². The smallest absolute Gasteiger partial charge is 0.187 e. The first kappa shape index (κ1) is 74.8. The Balaban J connectivity index is 0.913. The summed E-state index contributed by atoms with van der Waals surface area (Å²) in [7, 11) is 1.61. The fourth-order valence-electron chi connectivity index (χ4n) is 13.3. The third-order valence-electron chi connectivity index (χ3n) is 18.8. The van der Waals surface area contributed by atoms with Gasteiger partial charge in [0.25, 0.3) is 0 Å². The summed E-state index contributed by atoms with van der Waals surface area (Å²) >= 11 is 0. The van der Waals surface area contributed by atoms with Gasteiger partial charge in [-0.25, -0.2) is 0 Å². The molecule has 0 amide bonds. The molecule has 10 aromatic rings. The summed E-state index contributed by atoms with van der Waals surface area (Å²) in [5, 5.41) is 0. The summed E-state index contributed by atoms with van der Waals surface area (Å²) in [6, 6.07) is 100. The van der Waals surface area contributed by atoms with Gasteiger partial charge in [-0.3, -0.25) is 0 Å². The van der Waals surface area contributed by atoms with Crippen LogP contribution in [0.25, 0.3) is 0 Å². The van der Waals surface area contributed by atoms with Crippen LogP contribution in [0.4, 0.5) is 0 Å². The van der Waals surface area contributed by atoms with E-state index in [0.29, 0.717) is 6.61 Å². The zero-order valence-corrected chi connectivity index (χ0v) is 59.3. The Morgan fingerprint density at radius 3 is 0.705 bits per heavy atom. The summed E-state index contributed by atoms with van der Waals surface area (Å²) in [4.78, 5) is 0. The number of ether oxygens (including phenoxy) is 16. The van der Waals surface area contributed by atoms with Gasteiger partial charge in [-0.15, -0.1) is 0 Å². The molecular weight excluding hydrogens is 1320 g/mol. The molecule has 0 N–H and O–H groups in total. The molecule has 0 spiro atoms. The number of benzene rings is 10. The minimum Gasteiger partial charge on any atom is -0.374 e. The van der Waals surface area contributed by atoms with Gasteiger partial charge in [0.05, 0.1) is 85.9 Å². The Kier molecular flexibility index (Phi) is 28.7. The van der Waals surface area contributed by atoms with Crippen LogP contribution in [0.1, 0.15) is 55.6 Å². The SMILES string of the molecule is CO[C@H]1O[C@H](COCc2ccccc2)[C@@H](O[C@H]2O[C@H](CO[C@H]3O[C@H](COCc4ccccc4)[C@@H](OCc4ccccc4)[C@H](OCc4ccccc4)[C@H]3OCc3ccccc3)[C@@H](OCc3ccccc3)[C@H](OCc3ccccc3)[C@H]2OCc2ccccc2)[C@H](OCc2ccccc2)[C@H]1OCc1ccccc1. The van der Waals surface area contributed by atoms with E-state index in [1.807, 2.05) is 303 Å². The minimum atomic E-state index is -1.28. The molecule has 0 aromatic heterocycles. The number of rotatable bonds is 38. The van der Waals surface area contributed by atoms with Crippen molar-refractivity contribution in [2.75, 3.05) is 26.9 Å². The highest BCUT2D eigenvalue weighted by Crippen LogP contribution is 2.39. The van der Waals surface area contributed by atoms with Gasteiger partial charge in [0, 0.05) is 7.11 Å². The molecule has 16 heteroatoms. The van der Waals surface area contributed by atoms with E-state index >= 15 is 0 Å². The second kappa shape index (κ2) is 40.3. The molecule has 0 radical (unpaired) electrons. The number of hydrogen-bond acceptors (Lipinski definition) is 16. The molecule has 3 saturated heterocycles. The number of hydrogen-bond donors (Lipinski definition) is 0. The summed E-state index contributed by atoms with van der Waals surface area (Å²) in [5.41, 5.74) is 9.48. The molecule has 3 aliphatic heterocycles. The van der Waals surface area contributed by atoms with Crippen LogP contribution in [0.3, 0.4) is 0 Å². The van der Waals surface area contributed by atoms with E-state index in [2.05, 4.69) is 0 Å². The van der Waals surface area contributed by atoms with E-state index in [4.69, 9.17) is 75.8 Å². The van der Waals surface area contributed by atoms with E-state index < -0.39 is 92.1 Å². The van der Waals surface area contributed by atoms with Crippen LogP contribution in [-0.2, 0) is 142 Å². The van der Waals surface area contributed by atoms with E-state index in [1.165, 1.54) is 0 Å². The molecule has 3 heterocycles. The Hall–Kier alpha value is -8.44. The summed E-state index contributed by atoms with van der Waals surface area (Å²) in [6.07, 6.45) is -14.1. The first-order chi connectivity index (χ1) is 52.0. The molecule has 13 rings (SSSR count). The first-order valence-corrected chi connectivity index (χ1v) is 36.3. The van der Waals surface area contributed by atoms with Gasteiger partial charge in [0.15, 0.2) is 18.9 Å². The number of methoxy groups -OCH3 is 1. The van der Waals surface area contributed by atoms with E-state index in [1.54, 1.807) is 7.11 Å². The molecule has 0 unspecified atom stereocenters. The molecule has 15 atom stereocenters. The third-order valence-corrected chi connectivity index (χ3v) is 18.8. The van der Waals surface area contributed by atoms with Crippen molar-refractivity contribution in [3.05, 3.63) is 359 Å². The van der Waals surface area contributed by atoms with Crippen LogP contribution in [0.15, 0.2) is 303 Å². The molecule has 16 nitrogen and oxygen atoms in total. The van der Waals surface area contributed by atoms with Crippen LogP contribution in [-0.4, -0.2) is 119 Å². The molecule has 105 heavy (non-hydrogen) atoms. The molecule has 0 bridgehead atoms. The van der Waals surface area contributed by atoms with Crippen molar-refractivity contribution in [1.29, 1.82) is 0 Å². The first-order valence-electron chi connectivity index (χ1n) is 36.3. The molecule has 0 saturated carbocycles. The monoisotopic (exact) mass is 1420 g/mol. The highest BCUT2D eigenvalue weighted by Gasteiger charge is 2.56. The van der Waals surface area contributed by atoms with Crippen molar-refractivity contribution in [3.8, 4) is 0 Å². The molecule has 0 aliphatic carbocycles. The predicted molar refractivity (Wildman–Crippen MR) is 396 cm³/mol. The van der Waals surface area contributed by atoms with Crippen LogP contribution < -0.4 is 0 Å². The van der Waals surface area contributed by atoms with Crippen molar-refractivity contribution in [2.24, 2.45) is 0 Å². The lowest BCUT2D eigenvalue weighted by Crippen LogP contribution is -2.67. The lowest BCUT2D eigenvalue weighted by molar-refractivity contribution is -0.381. The van der Waals surface area contributed by atoms with Crippen LogP contribution in [0, 0.1) is 0 Å². The van der Waals surface area contributed by atoms with Gasteiger partial charge in [0.1, 0.15) is 73.2 Å². The lowest BCUT2D eigenvalue weighted by atomic mass is 9.95. The zero-order valence-electron chi connectivity index (χ0n) is 59.3. The van der Waals surface area contributed by atoms with Crippen molar-refractivity contribution < 1.29 is 75.8 Å². The third kappa shape index (κ3) is 22.1. The van der Waals surface area contributed by atoms with Crippen LogP contribution in [0.2, 0.25) is 0 Å². The standard InChI is InChI=1S/C89H94O16/c1-90-87-84(98-59-72-46-26-9-27-47-72)83(97-58-71-44-24-8-25-45-71)80(76(102-87)63-92-53-66-34-14-3-15-35-66)105-89-86(100-61-74-50-30-11-31-51-74)82(96-57-70-42-22-7-23-43-70)79(94-55-68-38-18-5-19-39-68)77(104-89)64-101-88-85(99-60-73-48-28-10-29-49-73)81(95-56-69-40-20-6-21-41-69)78(93-54-67-36-16-4-17-37-67)75(103-88)62-91-52-65-32-12-2-13-33-65/h2-51,75-89H,52-64H2,1H3/t75-,76-,77-,78-,79-,80-,81+,82+,83+,84-,85-,86-,87+,88+,89-/m1/s1. The van der Waals surface area contributed by atoms with Crippen molar-refractivity contribution in [1.82, 2.24) is 0 Å². The zero-order chi connectivity index (χ0) is 71.3. The molecular formula is C89H94O16. The van der Waals surface area contributed by atoms with E-state index in [9.17, 15) is 0 Å². The summed E-state index contributed by atoms with van der Waals surface area (Å²) in [6.45, 7) is 2.08. The van der Waals surface area contributed by atoms with E-state index in [0.717, 1.165) is 55.6 Å². The fourth-order valence-corrected chi connectivity index (χ4v) is 13.3. The maximum absolute atomic E-state index is 7.80. The van der Waals surface area contributed by atoms with Gasteiger partial charge >= 0.3 is 0 Å². The van der Waals surface area contributed by atoms with Gasteiger partial charge in [-0.05, 0) is 55.6 Å². The summed E-state index contributed by atoms with van der Waals surface area (Å²) in [5.74, 6) is 0. The fraction of sp³-hybridized carbons (Fsp3) is 0.326. The normalized spacial score (nSPS) is 24.6. The maximum atomic E-state index is 7.80. The van der Waals surface area contributed by atoms with Crippen molar-refractivity contribution in [2.45, 2.75) is 158 Å². The average Bonchev–Trinajstić information content (AvgIpc) is 0.773. The highest BCUT2D eigenvalue weighted by atomic mass is 16.8. The average molecular weight is 1420 g/mol. The topological polar surface area (TPSA) is 148 Å². The van der Waals surface area contributed by atoms with Gasteiger partial charge in [-0.2, -0.15) is 0 Å². The highest BCUT2D eigenvalue weighted by molar-refractivity contribution is 5.22. The van der Waals surface area contributed by atoms with Crippen molar-refractivity contribution >= 4 is 0 Å². The van der Waals surface area contributed by atoms with Crippen LogP contribution in [0.5, 0.6) is 0 Å². The Labute approximate surface area is 616 Å². The second-order valence-corrected chi connectivity index (χ2v) is 26.4. The Bertz CT molecular complexity index is 3980. The molecule has 546 valence electrons.